The van der Waals surface area contributed by atoms with Gasteiger partial charge in [-0.1, -0.05) is 5.21 Å². The fourth-order valence-corrected chi connectivity index (χ4v) is 4.84. The zero-order chi connectivity index (χ0) is 18.9. The maximum atomic E-state index is 11.5. The fraction of sp³-hybridized carbons (Fsp3) is 0.714. The fourth-order valence-electron chi connectivity index (χ4n) is 3.56. The van der Waals surface area contributed by atoms with Crippen LogP contribution in [0.2, 0.25) is 0 Å². The van der Waals surface area contributed by atoms with E-state index < -0.39 is 39.8 Å². The topological polar surface area (TPSA) is 155 Å². The normalized spacial score (nSPS) is 28.8. The van der Waals surface area contributed by atoms with Crippen LogP contribution in [0.1, 0.15) is 18.2 Å². The van der Waals surface area contributed by atoms with E-state index >= 15 is 0 Å². The van der Waals surface area contributed by atoms with Gasteiger partial charge in [0.15, 0.2) is 9.84 Å². The summed E-state index contributed by atoms with van der Waals surface area (Å²) < 4.78 is 24.7. The molecule has 11 nitrogen and oxygen atoms in total. The van der Waals surface area contributed by atoms with Crippen molar-refractivity contribution in [2.24, 2.45) is 5.92 Å². The average Bonchev–Trinajstić information content (AvgIpc) is 3.15. The lowest BCUT2D eigenvalue weighted by molar-refractivity contribution is -0.142. The number of aliphatic carboxylic acids is 2. The Bertz CT molecular complexity index is 780. The number of rotatable bonds is 6. The third-order valence-corrected chi connectivity index (χ3v) is 6.54. The third kappa shape index (κ3) is 4.02. The van der Waals surface area contributed by atoms with E-state index in [1.54, 1.807) is 10.9 Å². The highest BCUT2D eigenvalue weighted by Crippen LogP contribution is 2.31. The van der Waals surface area contributed by atoms with Crippen LogP contribution in [0.3, 0.4) is 0 Å². The van der Waals surface area contributed by atoms with Crippen molar-refractivity contribution in [3.8, 4) is 0 Å². The number of carbonyl (C=O) groups is 2. The first-order valence-corrected chi connectivity index (χ1v) is 10.1. The number of hydrogen-bond acceptors (Lipinski definition) is 8. The summed E-state index contributed by atoms with van der Waals surface area (Å²) in [5.74, 6) is -2.63. The van der Waals surface area contributed by atoms with Gasteiger partial charge in [0.05, 0.1) is 35.9 Å². The number of sulfone groups is 1. The van der Waals surface area contributed by atoms with Crippen molar-refractivity contribution in [1.82, 2.24) is 25.2 Å². The molecule has 1 aromatic rings. The van der Waals surface area contributed by atoms with Gasteiger partial charge in [-0.3, -0.25) is 14.5 Å². The molecule has 12 heteroatoms. The maximum Gasteiger partial charge on any atom is 0.321 e. The van der Waals surface area contributed by atoms with Crippen LogP contribution in [0.25, 0.3) is 0 Å². The molecule has 0 bridgehead atoms. The Balaban J connectivity index is 1.76. The molecule has 2 saturated heterocycles. The number of nitrogens with zero attached hydrogens (tertiary/aromatic N) is 4. The SMILES string of the molecule is O=C(O)C[C@@H]1[C@@H](C(=O)O)NC[C@@H]1n1nncc1CN1CCS(=O)(=O)CC1. The van der Waals surface area contributed by atoms with E-state index in [1.807, 2.05) is 4.90 Å². The Labute approximate surface area is 149 Å². The minimum Gasteiger partial charge on any atom is -0.481 e. The van der Waals surface area contributed by atoms with Gasteiger partial charge in [0, 0.05) is 32.1 Å². The highest BCUT2D eigenvalue weighted by atomic mass is 32.2. The molecule has 3 rings (SSSR count). The molecule has 144 valence electrons. The van der Waals surface area contributed by atoms with E-state index in [9.17, 15) is 23.1 Å². The van der Waals surface area contributed by atoms with E-state index in [4.69, 9.17) is 5.11 Å². The Morgan fingerprint density at radius 2 is 1.96 bits per heavy atom. The largest absolute Gasteiger partial charge is 0.481 e. The Morgan fingerprint density at radius 1 is 1.27 bits per heavy atom. The lowest BCUT2D eigenvalue weighted by atomic mass is 9.92. The third-order valence-electron chi connectivity index (χ3n) is 4.93. The van der Waals surface area contributed by atoms with Crippen LogP contribution >= 0.6 is 0 Å². The molecule has 3 atom stereocenters. The van der Waals surface area contributed by atoms with Crippen LogP contribution in [-0.4, -0.2) is 87.6 Å². The number of aromatic nitrogens is 3. The lowest BCUT2D eigenvalue weighted by Crippen LogP contribution is -2.40. The van der Waals surface area contributed by atoms with Crippen LogP contribution in [0.4, 0.5) is 0 Å². The molecule has 0 spiro atoms. The molecule has 26 heavy (non-hydrogen) atoms. The number of hydrogen-bond donors (Lipinski definition) is 3. The smallest absolute Gasteiger partial charge is 0.321 e. The molecule has 1 aromatic heterocycles. The number of nitrogens with one attached hydrogen (secondary N) is 1. The Kier molecular flexibility index (Phi) is 5.25. The van der Waals surface area contributed by atoms with Crippen molar-refractivity contribution in [1.29, 1.82) is 0 Å². The summed E-state index contributed by atoms with van der Waals surface area (Å²) in [5.41, 5.74) is 0.706. The van der Waals surface area contributed by atoms with Gasteiger partial charge in [-0.15, -0.1) is 5.10 Å². The van der Waals surface area contributed by atoms with Crippen molar-refractivity contribution in [2.45, 2.75) is 25.0 Å². The molecule has 3 heterocycles. The Hall–Kier alpha value is -2.05. The summed E-state index contributed by atoms with van der Waals surface area (Å²) in [6, 6.07) is -1.41. The van der Waals surface area contributed by atoms with Gasteiger partial charge in [-0.2, -0.15) is 0 Å². The Morgan fingerprint density at radius 3 is 2.58 bits per heavy atom. The highest BCUT2D eigenvalue weighted by molar-refractivity contribution is 7.91. The predicted octanol–water partition coefficient (Wildman–Crippen LogP) is -1.80. The van der Waals surface area contributed by atoms with Crippen molar-refractivity contribution in [3.63, 3.8) is 0 Å². The van der Waals surface area contributed by atoms with E-state index in [2.05, 4.69) is 15.6 Å². The van der Waals surface area contributed by atoms with Gasteiger partial charge in [-0.25, -0.2) is 13.1 Å². The molecule has 3 N–H and O–H groups in total. The van der Waals surface area contributed by atoms with Gasteiger partial charge < -0.3 is 15.5 Å². The molecule has 2 aliphatic heterocycles. The average molecular weight is 387 g/mol. The molecule has 2 fully saturated rings. The summed E-state index contributed by atoms with van der Waals surface area (Å²) in [5, 5.41) is 29.2. The van der Waals surface area contributed by atoms with Gasteiger partial charge in [0.25, 0.3) is 0 Å². The van der Waals surface area contributed by atoms with E-state index in [0.717, 1.165) is 0 Å². The van der Waals surface area contributed by atoms with Crippen molar-refractivity contribution in [2.75, 3.05) is 31.1 Å². The second kappa shape index (κ2) is 7.29. The summed E-state index contributed by atoms with van der Waals surface area (Å²) >= 11 is 0. The van der Waals surface area contributed by atoms with Gasteiger partial charge in [0.1, 0.15) is 6.04 Å². The minimum atomic E-state index is -2.98. The molecule has 0 unspecified atom stereocenters. The summed E-state index contributed by atoms with van der Waals surface area (Å²) in [6.07, 6.45) is 1.25. The van der Waals surface area contributed by atoms with Crippen molar-refractivity contribution < 1.29 is 28.2 Å². The van der Waals surface area contributed by atoms with E-state index in [-0.39, 0.29) is 24.5 Å². The summed E-state index contributed by atoms with van der Waals surface area (Å²) in [4.78, 5) is 24.5. The molecule has 0 amide bonds. The molecule has 0 aliphatic carbocycles. The predicted molar refractivity (Wildman–Crippen MR) is 88.2 cm³/mol. The molecular formula is C14H21N5O6S. The van der Waals surface area contributed by atoms with E-state index in [0.29, 0.717) is 25.3 Å². The second-order valence-electron chi connectivity index (χ2n) is 6.65. The number of carboxylic acids is 2. The van der Waals surface area contributed by atoms with Crippen LogP contribution in [0.5, 0.6) is 0 Å². The lowest BCUT2D eigenvalue weighted by Gasteiger charge is -2.27. The van der Waals surface area contributed by atoms with Crippen LogP contribution in [-0.2, 0) is 26.0 Å². The van der Waals surface area contributed by atoms with Crippen molar-refractivity contribution >= 4 is 21.8 Å². The van der Waals surface area contributed by atoms with Gasteiger partial charge in [-0.05, 0) is 0 Å². The quantitative estimate of drug-likeness (QED) is 0.509. The standard InChI is InChI=1S/C14H21N5O6S/c20-12(21)5-10-11(7-15-13(10)14(22)23)19-9(6-16-17-19)8-18-1-3-26(24,25)4-2-18/h6,10-11,13,15H,1-5,7-8H2,(H,20,21)(H,22,23)/t10-,11-,13-/m0/s1. The molecule has 2 aliphatic rings. The van der Waals surface area contributed by atoms with Crippen LogP contribution < -0.4 is 5.32 Å². The molecule has 0 aromatic carbocycles. The zero-order valence-corrected chi connectivity index (χ0v) is 14.8. The van der Waals surface area contributed by atoms with E-state index in [1.165, 1.54) is 0 Å². The highest BCUT2D eigenvalue weighted by Gasteiger charge is 2.43. The first-order valence-electron chi connectivity index (χ1n) is 8.26. The van der Waals surface area contributed by atoms with Crippen LogP contribution in [0, 0.1) is 5.92 Å². The van der Waals surface area contributed by atoms with Gasteiger partial charge >= 0.3 is 11.9 Å². The second-order valence-corrected chi connectivity index (χ2v) is 8.95. The molecular weight excluding hydrogens is 366 g/mol. The monoisotopic (exact) mass is 387 g/mol. The minimum absolute atomic E-state index is 0.0995. The molecule has 0 radical (unpaired) electrons. The van der Waals surface area contributed by atoms with Gasteiger partial charge in [0.2, 0.25) is 0 Å². The van der Waals surface area contributed by atoms with Crippen molar-refractivity contribution in [3.05, 3.63) is 11.9 Å². The maximum absolute atomic E-state index is 11.5. The first-order chi connectivity index (χ1) is 12.3. The molecule has 0 saturated carbocycles. The van der Waals surface area contributed by atoms with Crippen LogP contribution in [0.15, 0.2) is 6.20 Å². The number of carboxylic acid groups (broad SMARTS) is 2. The first kappa shape index (κ1) is 18.7. The summed E-state index contributed by atoms with van der Waals surface area (Å²) in [6.45, 7) is 1.52. The summed E-state index contributed by atoms with van der Waals surface area (Å²) in [7, 11) is -2.98. The zero-order valence-electron chi connectivity index (χ0n) is 14.0.